The van der Waals surface area contributed by atoms with E-state index in [4.69, 9.17) is 19.9 Å². The van der Waals surface area contributed by atoms with E-state index in [0.717, 1.165) is 44.1 Å². The summed E-state index contributed by atoms with van der Waals surface area (Å²) in [4.78, 5) is 20.5. The van der Waals surface area contributed by atoms with E-state index >= 15 is 0 Å². The highest BCUT2D eigenvalue weighted by atomic mass is 15.0. The molecule has 0 spiro atoms. The molecule has 0 saturated heterocycles. The Hall–Kier alpha value is -6.78. The van der Waals surface area contributed by atoms with Gasteiger partial charge in [0.05, 0.1) is 5.69 Å². The van der Waals surface area contributed by atoms with Crippen LogP contribution in [-0.2, 0) is 10.8 Å². The molecular weight excluding hydrogens is 681 g/mol. The van der Waals surface area contributed by atoms with Crippen molar-refractivity contribution in [2.24, 2.45) is 0 Å². The molecule has 56 heavy (non-hydrogen) atoms. The molecule has 2 aliphatic rings. The third-order valence-corrected chi connectivity index (χ3v) is 12.4. The summed E-state index contributed by atoms with van der Waals surface area (Å²) < 4.78 is 0. The Morgan fingerprint density at radius 3 is 1.57 bits per heavy atom. The zero-order chi connectivity index (χ0) is 37.8. The Balaban J connectivity index is 1.08. The van der Waals surface area contributed by atoms with Gasteiger partial charge in [-0.2, -0.15) is 0 Å². The van der Waals surface area contributed by atoms with Gasteiger partial charge >= 0.3 is 0 Å². The largest absolute Gasteiger partial charge is 0.256 e. The second kappa shape index (κ2) is 11.9. The van der Waals surface area contributed by atoms with Crippen LogP contribution in [0, 0.1) is 0 Å². The number of aromatic nitrogens is 4. The molecule has 4 nitrogen and oxygen atoms in total. The van der Waals surface area contributed by atoms with Gasteiger partial charge < -0.3 is 0 Å². The maximum Gasteiger partial charge on any atom is 0.164 e. The van der Waals surface area contributed by atoms with E-state index < -0.39 is 0 Å². The minimum atomic E-state index is -0.218. The van der Waals surface area contributed by atoms with Crippen molar-refractivity contribution in [3.63, 3.8) is 0 Å². The first kappa shape index (κ1) is 32.6. The van der Waals surface area contributed by atoms with Gasteiger partial charge in [0.1, 0.15) is 0 Å². The fourth-order valence-electron chi connectivity index (χ4n) is 9.41. The van der Waals surface area contributed by atoms with Crippen molar-refractivity contribution < 1.29 is 0 Å². The molecule has 11 rings (SSSR count). The van der Waals surface area contributed by atoms with Gasteiger partial charge in [0.2, 0.25) is 0 Å². The molecule has 0 atom stereocenters. The molecule has 0 radical (unpaired) electrons. The SMILES string of the molecule is CC1(C)c2ccccc2-c2cc3c(cc21)-c1ccc(-c2nc(-c4ccnc(-c5cccc6ccccc56)c4)nc(-c4cccc5ccccc45)n2)cc1C3(C)C. The number of fused-ring (bicyclic) bond motifs is 8. The quantitative estimate of drug-likeness (QED) is 0.182. The summed E-state index contributed by atoms with van der Waals surface area (Å²) in [6.07, 6.45) is 1.86. The summed E-state index contributed by atoms with van der Waals surface area (Å²) in [6, 6.07) is 54.3. The van der Waals surface area contributed by atoms with Gasteiger partial charge in [-0.25, -0.2) is 15.0 Å². The average molecular weight is 719 g/mol. The van der Waals surface area contributed by atoms with Gasteiger partial charge in [-0.15, -0.1) is 0 Å². The molecule has 4 heteroatoms. The third kappa shape index (κ3) is 4.78. The van der Waals surface area contributed by atoms with Crippen molar-refractivity contribution in [3.8, 4) is 67.7 Å². The summed E-state index contributed by atoms with van der Waals surface area (Å²) in [7, 11) is 0. The zero-order valence-electron chi connectivity index (χ0n) is 31.8. The van der Waals surface area contributed by atoms with Crippen LogP contribution < -0.4 is 0 Å². The van der Waals surface area contributed by atoms with Crippen molar-refractivity contribution in [3.05, 3.63) is 180 Å². The van der Waals surface area contributed by atoms with Gasteiger partial charge in [-0.1, -0.05) is 149 Å². The average Bonchev–Trinajstić information content (AvgIpc) is 3.61. The zero-order valence-corrected chi connectivity index (χ0v) is 31.8. The lowest BCUT2D eigenvalue weighted by atomic mass is 9.79. The van der Waals surface area contributed by atoms with Gasteiger partial charge in [-0.05, 0) is 96.4 Å². The van der Waals surface area contributed by atoms with Gasteiger partial charge in [-0.3, -0.25) is 4.98 Å². The molecule has 266 valence electrons. The molecule has 2 aromatic heterocycles. The first-order valence-electron chi connectivity index (χ1n) is 19.4. The smallest absolute Gasteiger partial charge is 0.164 e. The van der Waals surface area contributed by atoms with E-state index in [1.54, 1.807) is 0 Å². The van der Waals surface area contributed by atoms with E-state index in [1.807, 2.05) is 12.3 Å². The standard InChI is InChI=1S/C52H38N4/c1-51(2)43-22-10-9-19-37(43)41-29-46-42(30-45(41)51)38-24-23-33(27-44(38)52(46,3)4)48-54-49(56-50(55-48)40-21-12-16-32-14-6-8-18-36(32)40)34-25-26-53-47(28-34)39-20-11-15-31-13-5-7-17-35(31)39/h5-30H,1-4H3. The molecule has 0 aliphatic heterocycles. The molecule has 0 fully saturated rings. The fourth-order valence-corrected chi connectivity index (χ4v) is 9.41. The van der Waals surface area contributed by atoms with Crippen molar-refractivity contribution in [1.82, 2.24) is 19.9 Å². The van der Waals surface area contributed by atoms with E-state index in [2.05, 4.69) is 173 Å². The molecule has 0 saturated carbocycles. The fraction of sp³-hybridized carbons (Fsp3) is 0.115. The number of rotatable bonds is 4. The number of nitrogens with zero attached hydrogens (tertiary/aromatic N) is 4. The number of pyridine rings is 1. The highest BCUT2D eigenvalue weighted by molar-refractivity contribution is 5.97. The molecule has 2 aliphatic carbocycles. The normalized spacial score (nSPS) is 14.4. The van der Waals surface area contributed by atoms with Crippen LogP contribution in [0.2, 0.25) is 0 Å². The first-order chi connectivity index (χ1) is 27.3. The summed E-state index contributed by atoms with van der Waals surface area (Å²) in [5.74, 6) is 1.90. The number of hydrogen-bond donors (Lipinski definition) is 0. The summed E-state index contributed by atoms with van der Waals surface area (Å²) in [5, 5.41) is 4.59. The van der Waals surface area contributed by atoms with Crippen LogP contribution >= 0.6 is 0 Å². The summed E-state index contributed by atoms with van der Waals surface area (Å²) >= 11 is 0. The van der Waals surface area contributed by atoms with E-state index in [1.165, 1.54) is 49.9 Å². The van der Waals surface area contributed by atoms with Crippen LogP contribution in [0.15, 0.2) is 158 Å². The predicted octanol–water partition coefficient (Wildman–Crippen LogP) is 12.9. The lowest BCUT2D eigenvalue weighted by Gasteiger charge is -2.24. The summed E-state index contributed by atoms with van der Waals surface area (Å²) in [5.41, 5.74) is 15.3. The van der Waals surface area contributed by atoms with E-state index in [9.17, 15) is 0 Å². The molecule has 0 unspecified atom stereocenters. The Labute approximate surface area is 326 Å². The summed E-state index contributed by atoms with van der Waals surface area (Å²) in [6.45, 7) is 9.42. The second-order valence-electron chi connectivity index (χ2n) is 16.3. The van der Waals surface area contributed by atoms with Crippen LogP contribution in [0.3, 0.4) is 0 Å². The second-order valence-corrected chi connectivity index (χ2v) is 16.3. The third-order valence-electron chi connectivity index (χ3n) is 12.4. The predicted molar refractivity (Wildman–Crippen MR) is 230 cm³/mol. The molecule has 2 heterocycles. The van der Waals surface area contributed by atoms with Gasteiger partial charge in [0.25, 0.3) is 0 Å². The monoisotopic (exact) mass is 718 g/mol. The maximum atomic E-state index is 5.25. The van der Waals surface area contributed by atoms with Crippen molar-refractivity contribution in [2.45, 2.75) is 38.5 Å². The van der Waals surface area contributed by atoms with Crippen LogP contribution in [0.5, 0.6) is 0 Å². The molecule has 9 aromatic rings. The maximum absolute atomic E-state index is 5.25. The Kier molecular flexibility index (Phi) is 6.91. The topological polar surface area (TPSA) is 51.6 Å². The number of hydrogen-bond acceptors (Lipinski definition) is 4. The van der Waals surface area contributed by atoms with Crippen molar-refractivity contribution >= 4 is 21.5 Å². The molecule has 0 N–H and O–H groups in total. The van der Waals surface area contributed by atoms with Crippen LogP contribution in [-0.4, -0.2) is 19.9 Å². The Morgan fingerprint density at radius 1 is 0.357 bits per heavy atom. The highest BCUT2D eigenvalue weighted by Crippen LogP contribution is 2.56. The lowest BCUT2D eigenvalue weighted by molar-refractivity contribution is 0.652. The Morgan fingerprint density at radius 2 is 0.857 bits per heavy atom. The lowest BCUT2D eigenvalue weighted by Crippen LogP contribution is -2.17. The van der Waals surface area contributed by atoms with E-state index in [0.29, 0.717) is 17.5 Å². The van der Waals surface area contributed by atoms with Crippen LogP contribution in [0.4, 0.5) is 0 Å². The van der Waals surface area contributed by atoms with Gasteiger partial charge in [0, 0.05) is 39.3 Å². The van der Waals surface area contributed by atoms with Crippen LogP contribution in [0.25, 0.3) is 89.2 Å². The number of benzene rings is 7. The van der Waals surface area contributed by atoms with Crippen LogP contribution in [0.1, 0.15) is 49.9 Å². The van der Waals surface area contributed by atoms with Gasteiger partial charge in [0.15, 0.2) is 17.5 Å². The van der Waals surface area contributed by atoms with E-state index in [-0.39, 0.29) is 10.8 Å². The minimum Gasteiger partial charge on any atom is -0.256 e. The van der Waals surface area contributed by atoms with Crippen molar-refractivity contribution in [2.75, 3.05) is 0 Å². The highest BCUT2D eigenvalue weighted by Gasteiger charge is 2.41. The Bertz CT molecular complexity index is 3090. The molecule has 0 bridgehead atoms. The first-order valence-corrected chi connectivity index (χ1v) is 19.4. The molecule has 0 amide bonds. The van der Waals surface area contributed by atoms with Crippen molar-refractivity contribution in [1.29, 1.82) is 0 Å². The minimum absolute atomic E-state index is 0.0620. The molecule has 7 aromatic carbocycles. The molecular formula is C52H38N4.